The maximum atomic E-state index is 9.45. The van der Waals surface area contributed by atoms with E-state index in [2.05, 4.69) is 10.3 Å². The van der Waals surface area contributed by atoms with Crippen LogP contribution < -0.4 is 5.32 Å². The van der Waals surface area contributed by atoms with Crippen LogP contribution in [-0.2, 0) is 6.54 Å². The van der Waals surface area contributed by atoms with Crippen molar-refractivity contribution in [1.29, 1.82) is 0 Å². The van der Waals surface area contributed by atoms with E-state index >= 15 is 0 Å². The molecule has 2 N–H and O–H groups in total. The lowest BCUT2D eigenvalue weighted by molar-refractivity contribution is 0.0795. The Morgan fingerprint density at radius 1 is 1.57 bits per heavy atom. The molecule has 0 atom stereocenters. The van der Waals surface area contributed by atoms with Gasteiger partial charge in [0.15, 0.2) is 0 Å². The SMILES string of the molecule is CC(C)(O)CNCc1cccnc1Cl. The van der Waals surface area contributed by atoms with Crippen LogP contribution in [0.5, 0.6) is 0 Å². The molecule has 0 aromatic carbocycles. The first-order valence-corrected chi connectivity index (χ1v) is 4.89. The normalized spacial score (nSPS) is 11.7. The van der Waals surface area contributed by atoms with Crippen molar-refractivity contribution < 1.29 is 5.11 Å². The Morgan fingerprint density at radius 2 is 2.29 bits per heavy atom. The monoisotopic (exact) mass is 214 g/mol. The Balaban J connectivity index is 2.43. The van der Waals surface area contributed by atoms with Crippen LogP contribution in [0.25, 0.3) is 0 Å². The van der Waals surface area contributed by atoms with E-state index in [4.69, 9.17) is 11.6 Å². The molecule has 3 nitrogen and oxygen atoms in total. The molecule has 1 heterocycles. The highest BCUT2D eigenvalue weighted by molar-refractivity contribution is 6.30. The zero-order valence-electron chi connectivity index (χ0n) is 8.42. The number of hydrogen-bond acceptors (Lipinski definition) is 3. The number of nitrogens with one attached hydrogen (secondary N) is 1. The van der Waals surface area contributed by atoms with E-state index in [9.17, 15) is 5.11 Å². The van der Waals surface area contributed by atoms with E-state index in [1.807, 2.05) is 12.1 Å². The second-order valence-corrected chi connectivity index (χ2v) is 4.23. The summed E-state index contributed by atoms with van der Waals surface area (Å²) in [5.41, 5.74) is 0.243. The van der Waals surface area contributed by atoms with Gasteiger partial charge in [-0.2, -0.15) is 0 Å². The van der Waals surface area contributed by atoms with Crippen LogP contribution in [0, 0.1) is 0 Å². The minimum atomic E-state index is -0.700. The standard InChI is InChI=1S/C10H15ClN2O/c1-10(2,14)7-12-6-8-4-3-5-13-9(8)11/h3-5,12,14H,6-7H2,1-2H3. The van der Waals surface area contributed by atoms with Crippen LogP contribution in [0.3, 0.4) is 0 Å². The van der Waals surface area contributed by atoms with Gasteiger partial charge in [0.25, 0.3) is 0 Å². The van der Waals surface area contributed by atoms with Crippen molar-refractivity contribution in [3.8, 4) is 0 Å². The van der Waals surface area contributed by atoms with Crippen LogP contribution >= 0.6 is 11.6 Å². The first-order chi connectivity index (χ1) is 6.49. The number of hydrogen-bond donors (Lipinski definition) is 2. The smallest absolute Gasteiger partial charge is 0.133 e. The molecule has 78 valence electrons. The van der Waals surface area contributed by atoms with Gasteiger partial charge in [-0.15, -0.1) is 0 Å². The lowest BCUT2D eigenvalue weighted by Crippen LogP contribution is -2.34. The number of aromatic nitrogens is 1. The molecular formula is C10H15ClN2O. The number of halogens is 1. The van der Waals surface area contributed by atoms with Crippen molar-refractivity contribution in [2.24, 2.45) is 0 Å². The van der Waals surface area contributed by atoms with E-state index in [1.165, 1.54) is 0 Å². The highest BCUT2D eigenvalue weighted by Gasteiger charge is 2.11. The van der Waals surface area contributed by atoms with Crippen molar-refractivity contribution in [2.45, 2.75) is 26.0 Å². The molecule has 0 bridgehead atoms. The molecular weight excluding hydrogens is 200 g/mol. The molecule has 1 aromatic heterocycles. The molecule has 0 saturated heterocycles. The van der Waals surface area contributed by atoms with Gasteiger partial charge in [0.1, 0.15) is 5.15 Å². The summed E-state index contributed by atoms with van der Waals surface area (Å²) in [4.78, 5) is 3.96. The zero-order chi connectivity index (χ0) is 10.6. The molecule has 0 fully saturated rings. The van der Waals surface area contributed by atoms with Gasteiger partial charge < -0.3 is 10.4 Å². The predicted molar refractivity (Wildman–Crippen MR) is 57.3 cm³/mol. The molecule has 0 unspecified atom stereocenters. The average molecular weight is 215 g/mol. The third-order valence-corrected chi connectivity index (χ3v) is 2.05. The van der Waals surface area contributed by atoms with E-state index < -0.39 is 5.60 Å². The van der Waals surface area contributed by atoms with Gasteiger partial charge in [-0.1, -0.05) is 17.7 Å². The summed E-state index contributed by atoms with van der Waals surface area (Å²) < 4.78 is 0. The van der Waals surface area contributed by atoms with E-state index in [1.54, 1.807) is 20.0 Å². The molecule has 0 radical (unpaired) electrons. The summed E-state index contributed by atoms with van der Waals surface area (Å²) in [6.45, 7) is 4.66. The topological polar surface area (TPSA) is 45.1 Å². The van der Waals surface area contributed by atoms with Crippen LogP contribution in [0.4, 0.5) is 0 Å². The molecule has 0 aliphatic rings. The molecule has 0 aliphatic heterocycles. The summed E-state index contributed by atoms with van der Waals surface area (Å²) >= 11 is 5.86. The zero-order valence-corrected chi connectivity index (χ0v) is 9.17. The molecule has 1 aromatic rings. The molecule has 4 heteroatoms. The summed E-state index contributed by atoms with van der Waals surface area (Å²) in [6, 6.07) is 3.75. The largest absolute Gasteiger partial charge is 0.389 e. The minimum Gasteiger partial charge on any atom is -0.389 e. The number of aliphatic hydroxyl groups is 1. The molecule has 0 aliphatic carbocycles. The Morgan fingerprint density at radius 3 is 2.86 bits per heavy atom. The van der Waals surface area contributed by atoms with Gasteiger partial charge in [0, 0.05) is 24.8 Å². The molecule has 0 spiro atoms. The van der Waals surface area contributed by atoms with Crippen molar-refractivity contribution in [3.05, 3.63) is 29.0 Å². The maximum Gasteiger partial charge on any atom is 0.133 e. The lowest BCUT2D eigenvalue weighted by atomic mass is 10.1. The molecule has 14 heavy (non-hydrogen) atoms. The average Bonchev–Trinajstić information content (AvgIpc) is 2.06. The maximum absolute atomic E-state index is 9.45. The second-order valence-electron chi connectivity index (χ2n) is 3.87. The third-order valence-electron chi connectivity index (χ3n) is 1.71. The van der Waals surface area contributed by atoms with Gasteiger partial charge in [-0.05, 0) is 19.9 Å². The Labute approximate surface area is 89.1 Å². The minimum absolute atomic E-state index is 0.510. The predicted octanol–water partition coefficient (Wildman–Crippen LogP) is 1.60. The van der Waals surface area contributed by atoms with Crippen molar-refractivity contribution >= 4 is 11.6 Å². The number of pyridine rings is 1. The highest BCUT2D eigenvalue weighted by atomic mass is 35.5. The van der Waals surface area contributed by atoms with Gasteiger partial charge in [-0.25, -0.2) is 4.98 Å². The Hall–Kier alpha value is -0.640. The molecule has 0 amide bonds. The first kappa shape index (κ1) is 11.4. The summed E-state index contributed by atoms with van der Waals surface area (Å²) in [5, 5.41) is 13.1. The van der Waals surface area contributed by atoms with Gasteiger partial charge in [-0.3, -0.25) is 0 Å². The van der Waals surface area contributed by atoms with Crippen LogP contribution in [-0.4, -0.2) is 22.2 Å². The lowest BCUT2D eigenvalue weighted by Gasteiger charge is -2.17. The fourth-order valence-corrected chi connectivity index (χ4v) is 1.24. The van der Waals surface area contributed by atoms with E-state index in [0.717, 1.165) is 5.56 Å². The fraction of sp³-hybridized carbons (Fsp3) is 0.500. The summed E-state index contributed by atoms with van der Waals surface area (Å²) in [6.07, 6.45) is 1.65. The van der Waals surface area contributed by atoms with E-state index in [-0.39, 0.29) is 0 Å². The Bertz CT molecular complexity index is 296. The summed E-state index contributed by atoms with van der Waals surface area (Å²) in [7, 11) is 0. The second kappa shape index (κ2) is 4.73. The first-order valence-electron chi connectivity index (χ1n) is 4.51. The number of rotatable bonds is 4. The molecule has 0 saturated carbocycles. The van der Waals surface area contributed by atoms with E-state index in [0.29, 0.717) is 18.2 Å². The van der Waals surface area contributed by atoms with Crippen LogP contribution in [0.1, 0.15) is 19.4 Å². The van der Waals surface area contributed by atoms with Gasteiger partial charge in [0.2, 0.25) is 0 Å². The van der Waals surface area contributed by atoms with Crippen LogP contribution in [0.2, 0.25) is 5.15 Å². The van der Waals surface area contributed by atoms with Crippen LogP contribution in [0.15, 0.2) is 18.3 Å². The van der Waals surface area contributed by atoms with Gasteiger partial charge in [0.05, 0.1) is 5.60 Å². The van der Waals surface area contributed by atoms with Gasteiger partial charge >= 0.3 is 0 Å². The summed E-state index contributed by atoms with van der Waals surface area (Å²) in [5.74, 6) is 0. The Kier molecular flexibility index (Phi) is 3.86. The van der Waals surface area contributed by atoms with Crippen molar-refractivity contribution in [3.63, 3.8) is 0 Å². The third kappa shape index (κ3) is 4.05. The van der Waals surface area contributed by atoms with Crippen molar-refractivity contribution in [2.75, 3.05) is 6.54 Å². The number of nitrogens with zero attached hydrogens (tertiary/aromatic N) is 1. The highest BCUT2D eigenvalue weighted by Crippen LogP contribution is 2.11. The van der Waals surface area contributed by atoms with Crippen molar-refractivity contribution in [1.82, 2.24) is 10.3 Å². The fourth-order valence-electron chi connectivity index (χ4n) is 1.05. The quantitative estimate of drug-likeness (QED) is 0.749. The molecule has 1 rings (SSSR count).